The number of carbonyl (C=O) groups is 1. The maximum absolute atomic E-state index is 12.5. The third-order valence-electron chi connectivity index (χ3n) is 3.68. The highest BCUT2D eigenvalue weighted by Gasteiger charge is 2.13. The number of aryl methyl sites for hydroxylation is 1. The van der Waals surface area contributed by atoms with Gasteiger partial charge in [-0.2, -0.15) is 0 Å². The van der Waals surface area contributed by atoms with Gasteiger partial charge in [0.1, 0.15) is 11.4 Å². The third-order valence-corrected chi connectivity index (χ3v) is 5.16. The van der Waals surface area contributed by atoms with E-state index in [1.54, 1.807) is 18.2 Å². The number of methoxy groups -OCH3 is 1. The van der Waals surface area contributed by atoms with Crippen molar-refractivity contribution in [2.75, 3.05) is 12.4 Å². The molecule has 0 spiro atoms. The smallest absolute Gasteiger partial charge is 0.262 e. The lowest BCUT2D eigenvalue weighted by Crippen LogP contribution is -2.27. The molecule has 8 heteroatoms. The predicted octanol–water partition coefficient (Wildman–Crippen LogP) is 3.32. The summed E-state index contributed by atoms with van der Waals surface area (Å²) in [5.74, 6) is 0.0126. The minimum Gasteiger partial charge on any atom is -0.493 e. The van der Waals surface area contributed by atoms with Crippen LogP contribution in [0.5, 0.6) is 5.75 Å². The topological polar surface area (TPSA) is 73.2 Å². The van der Waals surface area contributed by atoms with E-state index in [4.69, 9.17) is 16.3 Å². The van der Waals surface area contributed by atoms with Gasteiger partial charge in [0.05, 0.1) is 29.5 Å². The summed E-state index contributed by atoms with van der Waals surface area (Å²) in [6.45, 7) is 1.88. The molecule has 3 aromatic rings. The summed E-state index contributed by atoms with van der Waals surface area (Å²) >= 11 is 7.53. The van der Waals surface area contributed by atoms with Crippen molar-refractivity contribution in [3.63, 3.8) is 0 Å². The highest BCUT2D eigenvalue weighted by atomic mass is 35.5. The van der Waals surface area contributed by atoms with Crippen LogP contribution in [0.3, 0.4) is 0 Å². The van der Waals surface area contributed by atoms with Crippen LogP contribution in [-0.2, 0) is 17.8 Å². The number of aromatic nitrogens is 2. The van der Waals surface area contributed by atoms with Gasteiger partial charge in [-0.1, -0.05) is 24.6 Å². The molecular formula is C17H16ClN3O3S. The average molecular weight is 378 g/mol. The van der Waals surface area contributed by atoms with Crippen LogP contribution < -0.4 is 15.6 Å². The molecule has 0 fully saturated rings. The number of nitrogens with one attached hydrogen (secondary N) is 1. The Labute approximate surface area is 153 Å². The fourth-order valence-corrected chi connectivity index (χ4v) is 3.63. The molecule has 0 atom stereocenters. The lowest BCUT2D eigenvalue weighted by Gasteiger charge is -2.12. The van der Waals surface area contributed by atoms with E-state index in [9.17, 15) is 9.59 Å². The normalized spacial score (nSPS) is 10.8. The maximum Gasteiger partial charge on any atom is 0.262 e. The van der Waals surface area contributed by atoms with E-state index in [2.05, 4.69) is 10.3 Å². The molecule has 130 valence electrons. The van der Waals surface area contributed by atoms with Crippen LogP contribution in [0.2, 0.25) is 5.02 Å². The number of halogens is 1. The molecule has 25 heavy (non-hydrogen) atoms. The van der Waals surface area contributed by atoms with Gasteiger partial charge in [0.2, 0.25) is 5.91 Å². The zero-order valence-corrected chi connectivity index (χ0v) is 15.3. The van der Waals surface area contributed by atoms with Gasteiger partial charge in [-0.15, -0.1) is 11.3 Å². The lowest BCUT2D eigenvalue weighted by atomic mass is 10.3. The Morgan fingerprint density at radius 2 is 2.24 bits per heavy atom. The molecule has 0 radical (unpaired) electrons. The SMILES string of the molecule is CCc1cc2c(=O)n(CC(=O)Nc3cccc(Cl)c3OC)cnc2s1. The van der Waals surface area contributed by atoms with Gasteiger partial charge in [0, 0.05) is 4.88 Å². The number of anilines is 1. The summed E-state index contributed by atoms with van der Waals surface area (Å²) < 4.78 is 6.49. The lowest BCUT2D eigenvalue weighted by molar-refractivity contribution is -0.116. The molecule has 0 aliphatic rings. The molecule has 0 aliphatic heterocycles. The van der Waals surface area contributed by atoms with Crippen molar-refractivity contribution in [1.82, 2.24) is 9.55 Å². The molecule has 0 aliphatic carbocycles. The number of rotatable bonds is 5. The van der Waals surface area contributed by atoms with Gasteiger partial charge in [-0.05, 0) is 24.6 Å². The molecule has 0 saturated heterocycles. The molecule has 1 amide bonds. The molecule has 0 saturated carbocycles. The summed E-state index contributed by atoms with van der Waals surface area (Å²) in [6.07, 6.45) is 2.24. The number of hydrogen-bond acceptors (Lipinski definition) is 5. The first-order valence-electron chi connectivity index (χ1n) is 7.63. The third kappa shape index (κ3) is 3.52. The van der Waals surface area contributed by atoms with Crippen molar-refractivity contribution in [1.29, 1.82) is 0 Å². The summed E-state index contributed by atoms with van der Waals surface area (Å²) in [5, 5.41) is 3.64. The summed E-state index contributed by atoms with van der Waals surface area (Å²) in [7, 11) is 1.47. The van der Waals surface area contributed by atoms with Crippen LogP contribution in [0.15, 0.2) is 35.4 Å². The van der Waals surface area contributed by atoms with Crippen molar-refractivity contribution in [3.8, 4) is 5.75 Å². The summed E-state index contributed by atoms with van der Waals surface area (Å²) in [5.41, 5.74) is 0.222. The molecule has 3 rings (SSSR count). The molecule has 1 N–H and O–H groups in total. The van der Waals surface area contributed by atoms with Gasteiger partial charge < -0.3 is 10.1 Å². The van der Waals surface area contributed by atoms with E-state index in [1.165, 1.54) is 29.3 Å². The van der Waals surface area contributed by atoms with Gasteiger partial charge in [0.15, 0.2) is 5.75 Å². The Balaban J connectivity index is 1.84. The minimum absolute atomic E-state index is 0.144. The Kier molecular flexibility index (Phi) is 5.06. The summed E-state index contributed by atoms with van der Waals surface area (Å²) in [6, 6.07) is 6.89. The van der Waals surface area contributed by atoms with Crippen LogP contribution >= 0.6 is 22.9 Å². The fraction of sp³-hybridized carbons (Fsp3) is 0.235. The van der Waals surface area contributed by atoms with Crippen molar-refractivity contribution >= 4 is 44.7 Å². The molecule has 0 unspecified atom stereocenters. The maximum atomic E-state index is 12.5. The van der Waals surface area contributed by atoms with Gasteiger partial charge in [0.25, 0.3) is 5.56 Å². The number of carbonyl (C=O) groups excluding carboxylic acids is 1. The quantitative estimate of drug-likeness (QED) is 0.740. The number of amides is 1. The highest BCUT2D eigenvalue weighted by molar-refractivity contribution is 7.18. The van der Waals surface area contributed by atoms with E-state index in [-0.39, 0.29) is 18.0 Å². The monoisotopic (exact) mass is 377 g/mol. The van der Waals surface area contributed by atoms with Crippen molar-refractivity contribution < 1.29 is 9.53 Å². The average Bonchev–Trinajstić information content (AvgIpc) is 3.02. The number of nitrogens with zero attached hydrogens (tertiary/aromatic N) is 2. The Hall–Kier alpha value is -2.38. The van der Waals surface area contributed by atoms with Crippen LogP contribution in [0.4, 0.5) is 5.69 Å². The van der Waals surface area contributed by atoms with Crippen molar-refractivity contribution in [2.24, 2.45) is 0 Å². The van der Waals surface area contributed by atoms with Crippen LogP contribution in [0.25, 0.3) is 10.2 Å². The van der Waals surface area contributed by atoms with E-state index in [1.807, 2.05) is 13.0 Å². The zero-order chi connectivity index (χ0) is 18.0. The molecule has 2 aromatic heterocycles. The molecule has 0 bridgehead atoms. The second-order valence-electron chi connectivity index (χ2n) is 5.33. The number of ether oxygens (including phenoxy) is 1. The Morgan fingerprint density at radius 3 is 2.96 bits per heavy atom. The highest BCUT2D eigenvalue weighted by Crippen LogP contribution is 2.32. The number of benzene rings is 1. The molecule has 6 nitrogen and oxygen atoms in total. The first-order chi connectivity index (χ1) is 12.0. The van der Waals surface area contributed by atoms with E-state index < -0.39 is 0 Å². The van der Waals surface area contributed by atoms with E-state index >= 15 is 0 Å². The van der Waals surface area contributed by atoms with Gasteiger partial charge in [-0.3, -0.25) is 14.2 Å². The van der Waals surface area contributed by atoms with Crippen LogP contribution in [0.1, 0.15) is 11.8 Å². The minimum atomic E-state index is -0.366. The van der Waals surface area contributed by atoms with Crippen LogP contribution in [0, 0.1) is 0 Å². The second-order valence-corrected chi connectivity index (χ2v) is 6.85. The molecule has 2 heterocycles. The molecule has 1 aromatic carbocycles. The number of thiophene rings is 1. The van der Waals surface area contributed by atoms with Gasteiger partial charge in [-0.25, -0.2) is 4.98 Å². The van der Waals surface area contributed by atoms with Crippen molar-refractivity contribution in [3.05, 3.63) is 50.8 Å². The Morgan fingerprint density at radius 1 is 1.44 bits per heavy atom. The number of hydrogen-bond donors (Lipinski definition) is 1. The predicted molar refractivity (Wildman–Crippen MR) is 99.9 cm³/mol. The largest absolute Gasteiger partial charge is 0.493 e. The van der Waals surface area contributed by atoms with Crippen LogP contribution in [-0.4, -0.2) is 22.6 Å². The standard InChI is InChI=1S/C17H16ClN3O3S/c1-3-10-7-11-16(25-10)19-9-21(17(11)23)8-14(22)20-13-6-4-5-12(18)15(13)24-2/h4-7,9H,3,8H2,1-2H3,(H,20,22). The first kappa shape index (κ1) is 17.4. The number of para-hydroxylation sites is 1. The van der Waals surface area contributed by atoms with E-state index in [0.29, 0.717) is 26.7 Å². The summed E-state index contributed by atoms with van der Waals surface area (Å²) in [4.78, 5) is 30.9. The van der Waals surface area contributed by atoms with Gasteiger partial charge >= 0.3 is 0 Å². The first-order valence-corrected chi connectivity index (χ1v) is 8.83. The van der Waals surface area contributed by atoms with E-state index in [0.717, 1.165) is 11.3 Å². The zero-order valence-electron chi connectivity index (χ0n) is 13.7. The fourth-order valence-electron chi connectivity index (χ4n) is 2.46. The molecular weight excluding hydrogens is 362 g/mol. The Bertz CT molecular complexity index is 996. The second kappa shape index (κ2) is 7.25. The van der Waals surface area contributed by atoms with Crippen molar-refractivity contribution in [2.45, 2.75) is 19.9 Å². The number of fused-ring (bicyclic) bond motifs is 1.